The van der Waals surface area contributed by atoms with Gasteiger partial charge in [-0.2, -0.15) is 0 Å². The summed E-state index contributed by atoms with van der Waals surface area (Å²) in [5.41, 5.74) is 3.66. The molecule has 0 amide bonds. The second kappa shape index (κ2) is 8.25. The number of hydrogen-bond donors (Lipinski definition) is 2. The molecular formula is C23H22N2O3. The van der Waals surface area contributed by atoms with Crippen LogP contribution in [0.25, 0.3) is 10.9 Å². The topological polar surface area (TPSA) is 67.5 Å². The van der Waals surface area contributed by atoms with Crippen molar-refractivity contribution in [1.29, 1.82) is 0 Å². The summed E-state index contributed by atoms with van der Waals surface area (Å²) in [5.74, 6) is 0.669. The number of pyridine rings is 1. The first kappa shape index (κ1) is 18.2. The third-order valence-corrected chi connectivity index (χ3v) is 4.70. The Kier molecular flexibility index (Phi) is 5.37. The number of aliphatic hydroxyl groups excluding tert-OH is 2. The Morgan fingerprint density at radius 2 is 1.82 bits per heavy atom. The zero-order valence-corrected chi connectivity index (χ0v) is 15.4. The highest BCUT2D eigenvalue weighted by molar-refractivity contribution is 5.78. The van der Waals surface area contributed by atoms with E-state index in [0.29, 0.717) is 12.3 Å². The first-order chi connectivity index (χ1) is 13.7. The highest BCUT2D eigenvalue weighted by atomic mass is 16.5. The van der Waals surface area contributed by atoms with Crippen LogP contribution in [0.1, 0.15) is 22.9 Å². The van der Waals surface area contributed by atoms with Crippen molar-refractivity contribution in [3.8, 4) is 5.75 Å². The van der Waals surface area contributed by atoms with E-state index in [1.165, 1.54) is 0 Å². The molecule has 2 aromatic heterocycles. The summed E-state index contributed by atoms with van der Waals surface area (Å²) >= 11 is 0. The lowest BCUT2D eigenvalue weighted by Gasteiger charge is -2.16. The largest absolute Gasteiger partial charge is 0.491 e. The maximum absolute atomic E-state index is 10.9. The Morgan fingerprint density at radius 3 is 2.64 bits per heavy atom. The number of benzene rings is 2. The van der Waals surface area contributed by atoms with Crippen LogP contribution in [0.4, 0.5) is 0 Å². The summed E-state index contributed by atoms with van der Waals surface area (Å²) in [6.45, 7) is 0.862. The number of aliphatic hydroxyl groups is 2. The van der Waals surface area contributed by atoms with Crippen molar-refractivity contribution >= 4 is 10.9 Å². The molecule has 5 nitrogen and oxygen atoms in total. The molecule has 142 valence electrons. The molecule has 4 rings (SSSR count). The van der Waals surface area contributed by atoms with Gasteiger partial charge in [0.1, 0.15) is 18.5 Å². The molecule has 4 aromatic rings. The van der Waals surface area contributed by atoms with E-state index >= 15 is 0 Å². The molecule has 2 aromatic carbocycles. The Balaban J connectivity index is 1.54. The molecule has 5 heteroatoms. The van der Waals surface area contributed by atoms with Crippen molar-refractivity contribution in [1.82, 2.24) is 9.55 Å². The number of aromatic nitrogens is 2. The summed E-state index contributed by atoms with van der Waals surface area (Å²) < 4.78 is 7.41. The van der Waals surface area contributed by atoms with Crippen LogP contribution in [-0.2, 0) is 6.54 Å². The monoisotopic (exact) mass is 374 g/mol. The Hall–Kier alpha value is -3.15. The Labute approximate surface area is 163 Å². The average molecular weight is 374 g/mol. The molecule has 1 atom stereocenters. The van der Waals surface area contributed by atoms with E-state index in [2.05, 4.69) is 17.1 Å². The van der Waals surface area contributed by atoms with Gasteiger partial charge >= 0.3 is 0 Å². The summed E-state index contributed by atoms with van der Waals surface area (Å²) in [6.07, 6.45) is 3.11. The summed E-state index contributed by atoms with van der Waals surface area (Å²) in [4.78, 5) is 4.52. The van der Waals surface area contributed by atoms with E-state index in [4.69, 9.17) is 9.84 Å². The first-order valence-electron chi connectivity index (χ1n) is 9.25. The number of nitrogens with zero attached hydrogens (tertiary/aromatic N) is 2. The Morgan fingerprint density at radius 1 is 1.00 bits per heavy atom. The van der Waals surface area contributed by atoms with E-state index < -0.39 is 6.10 Å². The predicted molar refractivity (Wildman–Crippen MR) is 108 cm³/mol. The predicted octanol–water partition coefficient (Wildman–Crippen LogP) is 3.54. The standard InChI is InChI=1S/C23H22N2O3/c26-12-13-28-20-9-7-18(8-10-20)23(27)22-6-3-11-25(22)16-17-14-19-4-1-2-5-21(19)24-15-17/h1-11,14-15,23,26-27H,12-13,16H2. The molecule has 0 saturated carbocycles. The molecule has 0 radical (unpaired) electrons. The third-order valence-electron chi connectivity index (χ3n) is 4.70. The lowest BCUT2D eigenvalue weighted by Crippen LogP contribution is -2.09. The zero-order chi connectivity index (χ0) is 19.3. The van der Waals surface area contributed by atoms with E-state index in [9.17, 15) is 5.11 Å². The van der Waals surface area contributed by atoms with Gasteiger partial charge in [0, 0.05) is 24.3 Å². The first-order valence-corrected chi connectivity index (χ1v) is 9.25. The van der Waals surface area contributed by atoms with Gasteiger partial charge in [-0.25, -0.2) is 0 Å². The number of fused-ring (bicyclic) bond motifs is 1. The van der Waals surface area contributed by atoms with Crippen LogP contribution in [0, 0.1) is 0 Å². The minimum absolute atomic E-state index is 0.0263. The van der Waals surface area contributed by atoms with Gasteiger partial charge in [-0.15, -0.1) is 0 Å². The highest BCUT2D eigenvalue weighted by Crippen LogP contribution is 2.25. The molecule has 0 aliphatic heterocycles. The third kappa shape index (κ3) is 3.91. The normalized spacial score (nSPS) is 12.2. The van der Waals surface area contributed by atoms with Gasteiger partial charge in [0.15, 0.2) is 0 Å². The van der Waals surface area contributed by atoms with Crippen molar-refractivity contribution in [3.05, 3.63) is 95.9 Å². The quantitative estimate of drug-likeness (QED) is 0.519. The van der Waals surface area contributed by atoms with Crippen molar-refractivity contribution in [2.24, 2.45) is 0 Å². The average Bonchev–Trinajstić information content (AvgIpc) is 3.20. The lowest BCUT2D eigenvalue weighted by molar-refractivity contribution is 0.200. The van der Waals surface area contributed by atoms with Gasteiger partial charge in [0.25, 0.3) is 0 Å². The number of hydrogen-bond acceptors (Lipinski definition) is 4. The molecule has 0 fully saturated rings. The van der Waals surface area contributed by atoms with Gasteiger partial charge < -0.3 is 19.5 Å². The molecule has 0 saturated heterocycles. The van der Waals surface area contributed by atoms with Gasteiger partial charge in [0.05, 0.1) is 17.8 Å². The van der Waals surface area contributed by atoms with E-state index in [-0.39, 0.29) is 13.2 Å². The van der Waals surface area contributed by atoms with Crippen molar-refractivity contribution in [3.63, 3.8) is 0 Å². The van der Waals surface area contributed by atoms with E-state index in [0.717, 1.165) is 27.7 Å². The van der Waals surface area contributed by atoms with Crippen LogP contribution in [0.15, 0.2) is 79.1 Å². The van der Waals surface area contributed by atoms with Crippen LogP contribution in [0.2, 0.25) is 0 Å². The lowest BCUT2D eigenvalue weighted by atomic mass is 10.1. The number of para-hydroxylation sites is 1. The molecule has 2 heterocycles. The fourth-order valence-electron chi connectivity index (χ4n) is 3.30. The van der Waals surface area contributed by atoms with Crippen molar-refractivity contribution in [2.75, 3.05) is 13.2 Å². The fraction of sp³-hybridized carbons (Fsp3) is 0.174. The molecule has 28 heavy (non-hydrogen) atoms. The van der Waals surface area contributed by atoms with Crippen molar-refractivity contribution < 1.29 is 14.9 Å². The summed E-state index contributed by atoms with van der Waals surface area (Å²) in [6, 6.07) is 21.3. The second-order valence-electron chi connectivity index (χ2n) is 6.64. The molecule has 0 spiro atoms. The van der Waals surface area contributed by atoms with Gasteiger partial charge in [-0.3, -0.25) is 4.98 Å². The van der Waals surface area contributed by atoms with Crippen LogP contribution in [0.3, 0.4) is 0 Å². The maximum Gasteiger partial charge on any atom is 0.119 e. The zero-order valence-electron chi connectivity index (χ0n) is 15.4. The van der Waals surface area contributed by atoms with E-state index in [1.807, 2.05) is 59.4 Å². The fourth-order valence-corrected chi connectivity index (χ4v) is 3.30. The van der Waals surface area contributed by atoms with Crippen LogP contribution in [0.5, 0.6) is 5.75 Å². The molecular weight excluding hydrogens is 352 g/mol. The number of rotatable bonds is 7. The van der Waals surface area contributed by atoms with Gasteiger partial charge in [-0.1, -0.05) is 30.3 Å². The van der Waals surface area contributed by atoms with Crippen molar-refractivity contribution in [2.45, 2.75) is 12.6 Å². The van der Waals surface area contributed by atoms with Crippen LogP contribution >= 0.6 is 0 Å². The molecule has 2 N–H and O–H groups in total. The van der Waals surface area contributed by atoms with E-state index in [1.54, 1.807) is 12.1 Å². The maximum atomic E-state index is 10.9. The highest BCUT2D eigenvalue weighted by Gasteiger charge is 2.15. The molecule has 0 aliphatic carbocycles. The summed E-state index contributed by atoms with van der Waals surface area (Å²) in [5, 5.41) is 20.8. The summed E-state index contributed by atoms with van der Waals surface area (Å²) in [7, 11) is 0. The smallest absolute Gasteiger partial charge is 0.119 e. The van der Waals surface area contributed by atoms with Crippen LogP contribution < -0.4 is 4.74 Å². The molecule has 0 bridgehead atoms. The molecule has 1 unspecified atom stereocenters. The molecule has 0 aliphatic rings. The SMILES string of the molecule is OCCOc1ccc(C(O)c2cccn2Cc2cnc3ccccc3c2)cc1. The Bertz CT molecular complexity index is 1060. The van der Waals surface area contributed by atoms with Gasteiger partial charge in [0.2, 0.25) is 0 Å². The van der Waals surface area contributed by atoms with Gasteiger partial charge in [-0.05, 0) is 47.5 Å². The second-order valence-corrected chi connectivity index (χ2v) is 6.64. The minimum atomic E-state index is -0.740. The number of ether oxygens (including phenoxy) is 1. The van der Waals surface area contributed by atoms with Crippen LogP contribution in [-0.4, -0.2) is 33.0 Å². The minimum Gasteiger partial charge on any atom is -0.491 e.